The van der Waals surface area contributed by atoms with Gasteiger partial charge in [0.25, 0.3) is 0 Å². The molecule has 0 spiro atoms. The number of hydroxylamine groups is 2. The monoisotopic (exact) mass is 353 g/mol. The molecular formula is C12H11N5O6S. The fraction of sp³-hybridized carbons (Fsp3) is 0.250. The van der Waals surface area contributed by atoms with Crippen LogP contribution in [0.15, 0.2) is 41.3 Å². The summed E-state index contributed by atoms with van der Waals surface area (Å²) in [6.07, 6.45) is 7.30. The molecule has 2 aliphatic heterocycles. The topological polar surface area (TPSA) is 131 Å². The van der Waals surface area contributed by atoms with E-state index in [-0.39, 0.29) is 6.54 Å². The number of oxazole rings is 1. The van der Waals surface area contributed by atoms with E-state index in [4.69, 9.17) is 8.97 Å². The van der Waals surface area contributed by atoms with E-state index in [1.54, 1.807) is 24.4 Å². The van der Waals surface area contributed by atoms with Crippen molar-refractivity contribution in [1.82, 2.24) is 24.7 Å². The van der Waals surface area contributed by atoms with Crippen molar-refractivity contribution >= 4 is 16.4 Å². The van der Waals surface area contributed by atoms with Crippen molar-refractivity contribution in [2.45, 2.75) is 12.2 Å². The third kappa shape index (κ3) is 2.46. The third-order valence-corrected chi connectivity index (χ3v) is 4.00. The number of urea groups is 1. The van der Waals surface area contributed by atoms with Gasteiger partial charge < -0.3 is 4.42 Å². The van der Waals surface area contributed by atoms with Crippen LogP contribution in [0.1, 0.15) is 6.17 Å². The summed E-state index contributed by atoms with van der Waals surface area (Å²) in [5, 5.41) is 4.93. The first-order valence-corrected chi connectivity index (χ1v) is 8.19. The molecule has 126 valence electrons. The number of nitrogens with zero attached hydrogens (tertiary/aromatic N) is 5. The number of carbonyl (C=O) groups is 1. The maximum atomic E-state index is 12.3. The maximum Gasteiger partial charge on any atom is 0.418 e. The van der Waals surface area contributed by atoms with Crippen LogP contribution < -0.4 is 0 Å². The zero-order chi connectivity index (χ0) is 16.9. The Hall–Kier alpha value is -2.70. The summed E-state index contributed by atoms with van der Waals surface area (Å²) in [4.78, 5) is 17.7. The van der Waals surface area contributed by atoms with E-state index in [2.05, 4.69) is 14.4 Å². The molecule has 0 saturated carbocycles. The van der Waals surface area contributed by atoms with Gasteiger partial charge in [0.1, 0.15) is 18.1 Å². The molecule has 4 rings (SSSR count). The quantitative estimate of drug-likeness (QED) is 0.619. The molecule has 0 aromatic carbocycles. The number of rotatable bonds is 4. The van der Waals surface area contributed by atoms with Gasteiger partial charge in [0.2, 0.25) is 5.89 Å². The van der Waals surface area contributed by atoms with Gasteiger partial charge in [-0.3, -0.25) is 9.45 Å². The average molecular weight is 353 g/mol. The van der Waals surface area contributed by atoms with Crippen LogP contribution in [0.25, 0.3) is 11.6 Å². The number of amides is 2. The fourth-order valence-corrected chi connectivity index (χ4v) is 3.06. The first-order chi connectivity index (χ1) is 11.4. The van der Waals surface area contributed by atoms with E-state index < -0.39 is 28.6 Å². The van der Waals surface area contributed by atoms with E-state index in [1.165, 1.54) is 22.0 Å². The van der Waals surface area contributed by atoms with Gasteiger partial charge >= 0.3 is 16.4 Å². The van der Waals surface area contributed by atoms with E-state index in [9.17, 15) is 13.2 Å². The minimum atomic E-state index is -4.79. The minimum absolute atomic E-state index is 0.198. The molecule has 2 aliphatic rings. The van der Waals surface area contributed by atoms with Crippen LogP contribution in [0.3, 0.4) is 0 Å². The van der Waals surface area contributed by atoms with Crippen LogP contribution in [0, 0.1) is 0 Å². The minimum Gasteiger partial charge on any atom is -0.443 e. The Labute approximate surface area is 135 Å². The second-order valence-electron chi connectivity index (χ2n) is 5.15. The van der Waals surface area contributed by atoms with E-state index in [0.29, 0.717) is 16.6 Å². The van der Waals surface area contributed by atoms with Crippen LogP contribution in [-0.4, -0.2) is 56.3 Å². The predicted octanol–water partition coefficient (Wildman–Crippen LogP) is 0.447. The Balaban J connectivity index is 1.60. The molecule has 0 aliphatic carbocycles. The molecule has 2 amide bonds. The molecule has 1 fully saturated rings. The lowest BCUT2D eigenvalue weighted by atomic mass is 10.2. The van der Waals surface area contributed by atoms with Crippen molar-refractivity contribution in [3.63, 3.8) is 0 Å². The third-order valence-electron chi connectivity index (χ3n) is 3.65. The summed E-state index contributed by atoms with van der Waals surface area (Å²) in [6.45, 7) is 0.198. The summed E-state index contributed by atoms with van der Waals surface area (Å²) in [5.74, 6) is 0.343. The molecule has 1 saturated heterocycles. The molecule has 2 atom stereocenters. The van der Waals surface area contributed by atoms with Crippen LogP contribution in [0.4, 0.5) is 4.79 Å². The summed E-state index contributed by atoms with van der Waals surface area (Å²) in [7, 11) is -4.79. The highest BCUT2D eigenvalue weighted by molar-refractivity contribution is 7.80. The SMILES string of the molecule is O=C1N2CC(C=CC2n2ccc(-c3ncco3)n2)N1OS(=O)(=O)O. The van der Waals surface area contributed by atoms with E-state index in [0.717, 1.165) is 0 Å². The first-order valence-electron chi connectivity index (χ1n) is 6.82. The van der Waals surface area contributed by atoms with Gasteiger partial charge in [-0.1, -0.05) is 6.08 Å². The Kier molecular flexibility index (Phi) is 3.19. The zero-order valence-corrected chi connectivity index (χ0v) is 12.8. The van der Waals surface area contributed by atoms with Gasteiger partial charge in [0.15, 0.2) is 0 Å². The summed E-state index contributed by atoms with van der Waals surface area (Å²) < 4.78 is 41.5. The van der Waals surface area contributed by atoms with Crippen LogP contribution in [0.2, 0.25) is 0 Å². The molecule has 4 heterocycles. The van der Waals surface area contributed by atoms with Crippen molar-refractivity contribution in [1.29, 1.82) is 0 Å². The number of hydrogen-bond donors (Lipinski definition) is 1. The lowest BCUT2D eigenvalue weighted by Crippen LogP contribution is -2.37. The van der Waals surface area contributed by atoms with Crippen molar-refractivity contribution in [3.05, 3.63) is 36.9 Å². The molecular weight excluding hydrogens is 342 g/mol. The highest BCUT2D eigenvalue weighted by atomic mass is 32.3. The largest absolute Gasteiger partial charge is 0.443 e. The van der Waals surface area contributed by atoms with Gasteiger partial charge in [0, 0.05) is 6.20 Å². The molecule has 0 radical (unpaired) electrons. The molecule has 2 aromatic heterocycles. The van der Waals surface area contributed by atoms with Crippen LogP contribution >= 0.6 is 0 Å². The van der Waals surface area contributed by atoms with Crippen molar-refractivity contribution < 1.29 is 26.5 Å². The zero-order valence-electron chi connectivity index (χ0n) is 12.0. The Morgan fingerprint density at radius 1 is 1.38 bits per heavy atom. The van der Waals surface area contributed by atoms with Crippen LogP contribution in [0.5, 0.6) is 0 Å². The molecule has 2 unspecified atom stereocenters. The van der Waals surface area contributed by atoms with E-state index in [1.807, 2.05) is 0 Å². The first kappa shape index (κ1) is 14.9. The summed E-state index contributed by atoms with van der Waals surface area (Å²) in [6, 6.07) is 0.372. The number of fused-ring (bicyclic) bond motifs is 2. The maximum absolute atomic E-state index is 12.3. The molecule has 24 heavy (non-hydrogen) atoms. The van der Waals surface area contributed by atoms with Crippen molar-refractivity contribution in [2.24, 2.45) is 0 Å². The second kappa shape index (κ2) is 5.15. The highest BCUT2D eigenvalue weighted by Crippen LogP contribution is 2.31. The number of carbonyl (C=O) groups excluding carboxylic acids is 1. The van der Waals surface area contributed by atoms with E-state index >= 15 is 0 Å². The lowest BCUT2D eigenvalue weighted by molar-refractivity contribution is -0.0188. The standard InChI is InChI=1S/C12H11N5O6S/c18-12-15-7-8(17(12)23-24(19,20)21)1-2-10(15)16-5-3-9(14-16)11-13-4-6-22-11/h1-6,8,10H,7H2,(H,19,20,21). The highest BCUT2D eigenvalue weighted by Gasteiger charge is 2.45. The Morgan fingerprint density at radius 2 is 2.21 bits per heavy atom. The van der Waals surface area contributed by atoms with Gasteiger partial charge in [-0.2, -0.15) is 18.6 Å². The molecule has 11 nitrogen and oxygen atoms in total. The van der Waals surface area contributed by atoms with Crippen LogP contribution in [-0.2, 0) is 14.7 Å². The Morgan fingerprint density at radius 3 is 2.92 bits per heavy atom. The van der Waals surface area contributed by atoms with Gasteiger partial charge in [-0.15, -0.1) is 4.28 Å². The summed E-state index contributed by atoms with van der Waals surface area (Å²) in [5.41, 5.74) is 0.494. The van der Waals surface area contributed by atoms with Gasteiger partial charge in [-0.05, 0) is 12.1 Å². The molecule has 2 bridgehead atoms. The van der Waals surface area contributed by atoms with Crippen molar-refractivity contribution in [2.75, 3.05) is 6.54 Å². The normalized spacial score (nSPS) is 23.3. The van der Waals surface area contributed by atoms with Crippen molar-refractivity contribution in [3.8, 4) is 11.6 Å². The van der Waals surface area contributed by atoms with Gasteiger partial charge in [-0.25, -0.2) is 14.5 Å². The number of aromatic nitrogens is 3. The lowest BCUT2D eigenvalue weighted by Gasteiger charge is -2.26. The fourth-order valence-electron chi connectivity index (χ4n) is 2.68. The Bertz CT molecular complexity index is 904. The average Bonchev–Trinajstić information content (AvgIpc) is 3.24. The smallest absolute Gasteiger partial charge is 0.418 e. The van der Waals surface area contributed by atoms with Gasteiger partial charge in [0.05, 0.1) is 18.8 Å². The molecule has 1 N–H and O–H groups in total. The second-order valence-corrected chi connectivity index (χ2v) is 6.15. The predicted molar refractivity (Wildman–Crippen MR) is 76.3 cm³/mol. The molecule has 2 aromatic rings. The summed E-state index contributed by atoms with van der Waals surface area (Å²) >= 11 is 0. The molecule has 12 heteroatoms. The number of hydrogen-bond acceptors (Lipinski definition) is 7.